The third-order valence-electron chi connectivity index (χ3n) is 2.99. The van der Waals surface area contributed by atoms with Crippen molar-refractivity contribution in [2.24, 2.45) is 0 Å². The van der Waals surface area contributed by atoms with E-state index in [9.17, 15) is 0 Å². The summed E-state index contributed by atoms with van der Waals surface area (Å²) >= 11 is 0. The molecule has 0 radical (unpaired) electrons. The van der Waals surface area contributed by atoms with E-state index in [1.807, 2.05) is 24.3 Å². The quantitative estimate of drug-likeness (QED) is 0.807. The fraction of sp³-hybridized carbons (Fsp3) is 0.333. The smallest absolute Gasteiger partial charge is 0.164 e. The van der Waals surface area contributed by atoms with Gasteiger partial charge in [-0.1, -0.05) is 18.2 Å². The maximum absolute atomic E-state index is 8.94. The molecule has 0 amide bonds. The fourth-order valence-corrected chi connectivity index (χ4v) is 1.71. The predicted molar refractivity (Wildman–Crippen MR) is 91.1 cm³/mol. The highest BCUT2D eigenvalue weighted by Gasteiger charge is 2.03. The molecule has 1 unspecified atom stereocenters. The van der Waals surface area contributed by atoms with Crippen molar-refractivity contribution in [1.82, 2.24) is 0 Å². The molecule has 0 aliphatic carbocycles. The van der Waals surface area contributed by atoms with Crippen LogP contribution in [0, 0.1) is 0 Å². The van der Waals surface area contributed by atoms with Crippen molar-refractivity contribution in [2.45, 2.75) is 6.10 Å². The number of hydrogen-bond donors (Lipinski definition) is 2. The second-order valence-corrected chi connectivity index (χ2v) is 4.68. The summed E-state index contributed by atoms with van der Waals surface area (Å²) in [5.41, 5.74) is 0. The highest BCUT2D eigenvalue weighted by molar-refractivity contribution is 5.45. The van der Waals surface area contributed by atoms with Gasteiger partial charge in [0.2, 0.25) is 0 Å². The average Bonchev–Trinajstić information content (AvgIpc) is 2.66. The zero-order valence-electron chi connectivity index (χ0n) is 14.1. The SMILES string of the molecule is COc1ccc(OC)c(OC)c1.OCC(O)COc1ccccc1. The Balaban J connectivity index is 0.000000240. The molecule has 0 heterocycles. The number of aliphatic hydroxyl groups is 2. The molecule has 132 valence electrons. The van der Waals surface area contributed by atoms with Crippen LogP contribution in [-0.2, 0) is 0 Å². The Kier molecular flexibility index (Phi) is 9.11. The second-order valence-electron chi connectivity index (χ2n) is 4.68. The molecule has 2 N–H and O–H groups in total. The van der Waals surface area contributed by atoms with Crippen LogP contribution in [0.15, 0.2) is 48.5 Å². The fourth-order valence-electron chi connectivity index (χ4n) is 1.71. The van der Waals surface area contributed by atoms with E-state index in [1.165, 1.54) is 0 Å². The van der Waals surface area contributed by atoms with E-state index in [2.05, 4.69) is 0 Å². The summed E-state index contributed by atoms with van der Waals surface area (Å²) in [5.74, 6) is 2.84. The second kappa shape index (κ2) is 11.2. The lowest BCUT2D eigenvalue weighted by Crippen LogP contribution is -2.21. The van der Waals surface area contributed by atoms with E-state index in [4.69, 9.17) is 29.2 Å². The van der Waals surface area contributed by atoms with Gasteiger partial charge in [-0.3, -0.25) is 0 Å². The van der Waals surface area contributed by atoms with E-state index < -0.39 is 6.10 Å². The summed E-state index contributed by atoms with van der Waals surface area (Å²) < 4.78 is 20.3. The third-order valence-corrected chi connectivity index (χ3v) is 2.99. The van der Waals surface area contributed by atoms with Gasteiger partial charge >= 0.3 is 0 Å². The summed E-state index contributed by atoms with van der Waals surface area (Å²) in [6.45, 7) is -0.145. The van der Waals surface area contributed by atoms with Gasteiger partial charge in [-0.2, -0.15) is 0 Å². The van der Waals surface area contributed by atoms with Crippen molar-refractivity contribution in [2.75, 3.05) is 34.5 Å². The number of para-hydroxylation sites is 1. The molecular weight excluding hydrogens is 312 g/mol. The number of hydrogen-bond acceptors (Lipinski definition) is 6. The topological polar surface area (TPSA) is 77.4 Å². The first-order chi connectivity index (χ1) is 11.6. The van der Waals surface area contributed by atoms with Crippen molar-refractivity contribution in [3.63, 3.8) is 0 Å². The zero-order valence-corrected chi connectivity index (χ0v) is 14.1. The number of ether oxygens (including phenoxy) is 4. The number of methoxy groups -OCH3 is 3. The molecule has 0 aromatic heterocycles. The summed E-state index contributed by atoms with van der Waals surface area (Å²) in [6.07, 6.45) is -0.801. The molecule has 1 atom stereocenters. The Morgan fingerprint density at radius 3 is 2.04 bits per heavy atom. The monoisotopic (exact) mass is 336 g/mol. The molecular formula is C18H24O6. The predicted octanol–water partition coefficient (Wildman–Crippen LogP) is 2.13. The molecule has 2 aromatic rings. The van der Waals surface area contributed by atoms with Crippen LogP contribution in [-0.4, -0.2) is 50.9 Å². The van der Waals surface area contributed by atoms with Crippen molar-refractivity contribution >= 4 is 0 Å². The minimum Gasteiger partial charge on any atom is -0.497 e. The molecule has 0 saturated heterocycles. The van der Waals surface area contributed by atoms with E-state index in [-0.39, 0.29) is 13.2 Å². The Morgan fingerprint density at radius 1 is 0.833 bits per heavy atom. The molecule has 2 aromatic carbocycles. The summed E-state index contributed by atoms with van der Waals surface area (Å²) in [7, 11) is 4.81. The first-order valence-corrected chi connectivity index (χ1v) is 7.37. The van der Waals surface area contributed by atoms with Crippen LogP contribution in [0.25, 0.3) is 0 Å². The van der Waals surface area contributed by atoms with Crippen molar-refractivity contribution < 1.29 is 29.2 Å². The Labute approximate surface area is 142 Å². The maximum Gasteiger partial charge on any atom is 0.164 e. The zero-order chi connectivity index (χ0) is 17.8. The molecule has 0 aliphatic rings. The van der Waals surface area contributed by atoms with Crippen LogP contribution in [0.5, 0.6) is 23.0 Å². The number of rotatable bonds is 7. The Hall–Kier alpha value is -2.44. The lowest BCUT2D eigenvalue weighted by Gasteiger charge is -2.08. The first-order valence-electron chi connectivity index (χ1n) is 7.37. The Bertz CT molecular complexity index is 573. The first kappa shape index (κ1) is 19.6. The third kappa shape index (κ3) is 6.76. The van der Waals surface area contributed by atoms with Crippen LogP contribution in [0.2, 0.25) is 0 Å². The van der Waals surface area contributed by atoms with Crippen LogP contribution in [0.4, 0.5) is 0 Å². The van der Waals surface area contributed by atoms with Crippen molar-refractivity contribution in [3.05, 3.63) is 48.5 Å². The van der Waals surface area contributed by atoms with Gasteiger partial charge in [0.05, 0.1) is 27.9 Å². The standard InChI is InChI=1S/2C9H12O3/c1-10-7-4-5-8(11-2)9(6-7)12-3;10-6-8(11)7-12-9-4-2-1-3-5-9/h4-6H,1-3H3;1-5,8,10-11H,6-7H2. The molecule has 6 heteroatoms. The van der Waals surface area contributed by atoms with Gasteiger partial charge in [0.15, 0.2) is 11.5 Å². The molecule has 0 aliphatic heterocycles. The minimum atomic E-state index is -0.801. The largest absolute Gasteiger partial charge is 0.497 e. The molecule has 6 nitrogen and oxygen atoms in total. The van der Waals surface area contributed by atoms with Gasteiger partial charge in [0.25, 0.3) is 0 Å². The molecule has 0 fully saturated rings. The van der Waals surface area contributed by atoms with E-state index in [1.54, 1.807) is 45.6 Å². The minimum absolute atomic E-state index is 0.126. The van der Waals surface area contributed by atoms with Gasteiger partial charge in [-0.25, -0.2) is 0 Å². The molecule has 0 spiro atoms. The summed E-state index contributed by atoms with van der Waals surface area (Å²) in [4.78, 5) is 0. The van der Waals surface area contributed by atoms with Gasteiger partial charge in [0, 0.05) is 6.07 Å². The Morgan fingerprint density at radius 2 is 1.50 bits per heavy atom. The van der Waals surface area contributed by atoms with Gasteiger partial charge in [-0.15, -0.1) is 0 Å². The van der Waals surface area contributed by atoms with Crippen molar-refractivity contribution in [1.29, 1.82) is 0 Å². The van der Waals surface area contributed by atoms with Gasteiger partial charge < -0.3 is 29.2 Å². The molecule has 0 bridgehead atoms. The summed E-state index contributed by atoms with van der Waals surface area (Å²) in [5, 5.41) is 17.4. The number of aliphatic hydroxyl groups excluding tert-OH is 2. The highest BCUT2D eigenvalue weighted by Crippen LogP contribution is 2.30. The normalized spacial score (nSPS) is 10.9. The van der Waals surface area contributed by atoms with Gasteiger partial charge in [-0.05, 0) is 24.3 Å². The van der Waals surface area contributed by atoms with Crippen molar-refractivity contribution in [3.8, 4) is 23.0 Å². The molecule has 2 rings (SSSR count). The van der Waals surface area contributed by atoms with Crippen LogP contribution in [0.1, 0.15) is 0 Å². The van der Waals surface area contributed by atoms with Crippen LogP contribution >= 0.6 is 0 Å². The lowest BCUT2D eigenvalue weighted by atomic mass is 10.3. The molecule has 24 heavy (non-hydrogen) atoms. The average molecular weight is 336 g/mol. The van der Waals surface area contributed by atoms with Crippen LogP contribution in [0.3, 0.4) is 0 Å². The van der Waals surface area contributed by atoms with Gasteiger partial charge in [0.1, 0.15) is 24.2 Å². The maximum atomic E-state index is 8.94. The highest BCUT2D eigenvalue weighted by atomic mass is 16.5. The number of benzene rings is 2. The molecule has 0 saturated carbocycles. The van der Waals surface area contributed by atoms with E-state index in [0.717, 1.165) is 5.75 Å². The van der Waals surface area contributed by atoms with E-state index in [0.29, 0.717) is 17.2 Å². The summed E-state index contributed by atoms with van der Waals surface area (Å²) in [6, 6.07) is 14.6. The van der Waals surface area contributed by atoms with E-state index >= 15 is 0 Å². The lowest BCUT2D eigenvalue weighted by molar-refractivity contribution is 0.0536. The van der Waals surface area contributed by atoms with Crippen LogP contribution < -0.4 is 18.9 Å².